The van der Waals surface area contributed by atoms with Gasteiger partial charge in [0.25, 0.3) is 0 Å². The van der Waals surface area contributed by atoms with Crippen LogP contribution in [0.4, 0.5) is 5.95 Å². The van der Waals surface area contributed by atoms with Gasteiger partial charge in [-0.25, -0.2) is 10.8 Å². The molecule has 1 aromatic heterocycles. The Morgan fingerprint density at radius 3 is 2.43 bits per heavy atom. The summed E-state index contributed by atoms with van der Waals surface area (Å²) in [7, 11) is 0. The van der Waals surface area contributed by atoms with E-state index in [0.29, 0.717) is 16.9 Å². The van der Waals surface area contributed by atoms with Crippen molar-refractivity contribution >= 4 is 17.7 Å². The average Bonchev–Trinajstić information content (AvgIpc) is 2.15. The maximum atomic E-state index is 5.80. The predicted molar refractivity (Wildman–Crippen MR) is 58.1 cm³/mol. The molecule has 0 bridgehead atoms. The third kappa shape index (κ3) is 2.55. The van der Waals surface area contributed by atoms with Crippen molar-refractivity contribution < 1.29 is 0 Å². The number of hydrogen-bond donors (Lipinski definition) is 1. The molecule has 78 valence electrons. The van der Waals surface area contributed by atoms with Gasteiger partial charge in [-0.15, -0.1) is 0 Å². The summed E-state index contributed by atoms with van der Waals surface area (Å²) >= 11 is 1.48. The number of anilines is 1. The molecule has 0 saturated heterocycles. The van der Waals surface area contributed by atoms with Crippen molar-refractivity contribution in [2.75, 3.05) is 11.3 Å². The van der Waals surface area contributed by atoms with Crippen LogP contribution in [0.15, 0.2) is 5.16 Å². The molecule has 5 nitrogen and oxygen atoms in total. The molecule has 0 spiro atoms. The van der Waals surface area contributed by atoms with Gasteiger partial charge in [0, 0.05) is 6.04 Å². The normalized spacial score (nSPS) is 10.7. The van der Waals surface area contributed by atoms with Gasteiger partial charge in [-0.05, 0) is 27.0 Å². The molecule has 0 atom stereocenters. The lowest BCUT2D eigenvalue weighted by molar-refractivity contribution is 0.669. The van der Waals surface area contributed by atoms with Gasteiger partial charge in [-0.1, -0.05) is 11.8 Å². The topological polar surface area (TPSA) is 67.9 Å². The molecule has 2 N–H and O–H groups in total. The van der Waals surface area contributed by atoms with Crippen LogP contribution in [0.3, 0.4) is 0 Å². The Morgan fingerprint density at radius 1 is 1.29 bits per heavy atom. The summed E-state index contributed by atoms with van der Waals surface area (Å²) in [6.45, 7) is 5.80. The van der Waals surface area contributed by atoms with Crippen molar-refractivity contribution in [1.82, 2.24) is 15.0 Å². The molecule has 1 aromatic rings. The number of nitrogens with two attached hydrogens (primary N) is 1. The van der Waals surface area contributed by atoms with Crippen LogP contribution in [0, 0.1) is 6.92 Å². The Morgan fingerprint density at radius 2 is 1.93 bits per heavy atom. The zero-order valence-electron chi connectivity index (χ0n) is 8.85. The van der Waals surface area contributed by atoms with Crippen LogP contribution < -0.4 is 10.9 Å². The van der Waals surface area contributed by atoms with Crippen LogP contribution in [-0.2, 0) is 0 Å². The second-order valence-corrected chi connectivity index (χ2v) is 3.94. The summed E-state index contributed by atoms with van der Waals surface area (Å²) < 4.78 is 0. The van der Waals surface area contributed by atoms with E-state index in [0.717, 1.165) is 0 Å². The summed E-state index contributed by atoms with van der Waals surface area (Å²) in [6, 6.07) is 0.173. The highest BCUT2D eigenvalue weighted by molar-refractivity contribution is 7.98. The SMILES string of the molecule is CSc1nc(C)nc(N(N)C(C)C)n1. The molecule has 0 aliphatic heterocycles. The van der Waals surface area contributed by atoms with Gasteiger partial charge < -0.3 is 0 Å². The number of aryl methyl sites for hydroxylation is 1. The molecule has 14 heavy (non-hydrogen) atoms. The second kappa shape index (κ2) is 4.56. The van der Waals surface area contributed by atoms with E-state index >= 15 is 0 Å². The van der Waals surface area contributed by atoms with Crippen LogP contribution >= 0.6 is 11.8 Å². The van der Waals surface area contributed by atoms with Crippen LogP contribution in [0.25, 0.3) is 0 Å². The first-order valence-corrected chi connectivity index (χ1v) is 5.57. The molecule has 1 heterocycles. The minimum absolute atomic E-state index is 0.173. The zero-order valence-corrected chi connectivity index (χ0v) is 9.67. The van der Waals surface area contributed by atoms with E-state index in [1.807, 2.05) is 27.0 Å². The van der Waals surface area contributed by atoms with Crippen molar-refractivity contribution in [3.8, 4) is 0 Å². The lowest BCUT2D eigenvalue weighted by Gasteiger charge is -2.20. The Hall–Kier alpha value is -0.880. The molecule has 0 radical (unpaired) electrons. The number of aromatic nitrogens is 3. The number of hydrogen-bond acceptors (Lipinski definition) is 6. The molecule has 0 aliphatic rings. The first-order valence-electron chi connectivity index (χ1n) is 4.35. The molecule has 0 amide bonds. The first-order chi connectivity index (χ1) is 6.54. The molecule has 0 aromatic carbocycles. The van der Waals surface area contributed by atoms with Gasteiger partial charge in [0.1, 0.15) is 5.82 Å². The minimum Gasteiger partial charge on any atom is -0.276 e. The van der Waals surface area contributed by atoms with Crippen molar-refractivity contribution in [3.63, 3.8) is 0 Å². The number of nitrogens with zero attached hydrogens (tertiary/aromatic N) is 4. The summed E-state index contributed by atoms with van der Waals surface area (Å²) in [6.07, 6.45) is 1.93. The molecule has 6 heteroatoms. The van der Waals surface area contributed by atoms with Crippen LogP contribution in [-0.4, -0.2) is 27.2 Å². The molecule has 0 aliphatic carbocycles. The van der Waals surface area contributed by atoms with E-state index in [1.165, 1.54) is 16.8 Å². The maximum Gasteiger partial charge on any atom is 0.244 e. The summed E-state index contributed by atoms with van der Waals surface area (Å²) in [4.78, 5) is 12.5. The third-order valence-electron chi connectivity index (χ3n) is 1.68. The molecule has 0 fully saturated rings. The van der Waals surface area contributed by atoms with Crippen molar-refractivity contribution in [3.05, 3.63) is 5.82 Å². The van der Waals surface area contributed by atoms with Gasteiger partial charge in [-0.2, -0.15) is 9.97 Å². The molecule has 1 rings (SSSR count). The van der Waals surface area contributed by atoms with Crippen molar-refractivity contribution in [2.24, 2.45) is 5.84 Å². The van der Waals surface area contributed by atoms with E-state index in [4.69, 9.17) is 5.84 Å². The van der Waals surface area contributed by atoms with E-state index in [9.17, 15) is 0 Å². The predicted octanol–water partition coefficient (Wildman–Crippen LogP) is 0.990. The van der Waals surface area contributed by atoms with E-state index < -0.39 is 0 Å². The third-order valence-corrected chi connectivity index (χ3v) is 2.23. The molecule has 0 unspecified atom stereocenters. The molecular weight excluding hydrogens is 198 g/mol. The number of hydrazine groups is 1. The zero-order chi connectivity index (χ0) is 10.7. The van der Waals surface area contributed by atoms with Crippen LogP contribution in [0.5, 0.6) is 0 Å². The van der Waals surface area contributed by atoms with Crippen molar-refractivity contribution in [2.45, 2.75) is 32.0 Å². The highest BCUT2D eigenvalue weighted by atomic mass is 32.2. The lowest BCUT2D eigenvalue weighted by atomic mass is 10.4. The standard InChI is InChI=1S/C8H15N5S/c1-5(2)13(9)7-10-6(3)11-8(12-7)14-4/h5H,9H2,1-4H3. The Bertz CT molecular complexity index is 315. The molecular formula is C8H15N5S. The van der Waals surface area contributed by atoms with Gasteiger partial charge in [-0.3, -0.25) is 5.01 Å². The Balaban J connectivity index is 3.02. The highest BCUT2D eigenvalue weighted by Gasteiger charge is 2.11. The van der Waals surface area contributed by atoms with E-state index in [-0.39, 0.29) is 6.04 Å². The summed E-state index contributed by atoms with van der Waals surface area (Å²) in [5.74, 6) is 7.02. The van der Waals surface area contributed by atoms with Gasteiger partial charge >= 0.3 is 0 Å². The number of rotatable bonds is 3. The van der Waals surface area contributed by atoms with Gasteiger partial charge in [0.05, 0.1) is 0 Å². The fourth-order valence-electron chi connectivity index (χ4n) is 0.881. The largest absolute Gasteiger partial charge is 0.276 e. The average molecular weight is 213 g/mol. The quantitative estimate of drug-likeness (QED) is 0.459. The van der Waals surface area contributed by atoms with Gasteiger partial charge in [0.2, 0.25) is 5.95 Å². The summed E-state index contributed by atoms with van der Waals surface area (Å²) in [5, 5.41) is 2.23. The monoisotopic (exact) mass is 213 g/mol. The van der Waals surface area contributed by atoms with E-state index in [1.54, 1.807) is 0 Å². The summed E-state index contributed by atoms with van der Waals surface area (Å²) in [5.41, 5.74) is 0. The lowest BCUT2D eigenvalue weighted by Crippen LogP contribution is -2.39. The molecule has 0 saturated carbocycles. The first kappa shape index (κ1) is 11.2. The van der Waals surface area contributed by atoms with Crippen LogP contribution in [0.2, 0.25) is 0 Å². The fraction of sp³-hybridized carbons (Fsp3) is 0.625. The Kier molecular flexibility index (Phi) is 3.65. The number of thioether (sulfide) groups is 1. The van der Waals surface area contributed by atoms with Crippen molar-refractivity contribution in [1.29, 1.82) is 0 Å². The highest BCUT2D eigenvalue weighted by Crippen LogP contribution is 2.13. The maximum absolute atomic E-state index is 5.80. The minimum atomic E-state index is 0.173. The second-order valence-electron chi connectivity index (χ2n) is 3.17. The smallest absolute Gasteiger partial charge is 0.244 e. The van der Waals surface area contributed by atoms with Gasteiger partial charge in [0.15, 0.2) is 5.16 Å². The fourth-order valence-corrected chi connectivity index (χ4v) is 1.28. The van der Waals surface area contributed by atoms with Crippen LogP contribution in [0.1, 0.15) is 19.7 Å². The Labute approximate surface area is 88.1 Å². The van der Waals surface area contributed by atoms with E-state index in [2.05, 4.69) is 15.0 Å².